The maximum Gasteiger partial charge on any atom is 0.243 e. The minimum absolute atomic E-state index is 0.331. The molecule has 1 saturated heterocycles. The molecule has 8 nitrogen and oxygen atoms in total. The summed E-state index contributed by atoms with van der Waals surface area (Å²) in [5.41, 5.74) is 2.52. The van der Waals surface area contributed by atoms with Crippen molar-refractivity contribution in [3.05, 3.63) is 71.1 Å². The number of benzene rings is 2. The van der Waals surface area contributed by atoms with Crippen molar-refractivity contribution in [2.24, 2.45) is 0 Å². The summed E-state index contributed by atoms with van der Waals surface area (Å²) in [7, 11) is -3.53. The Morgan fingerprint density at radius 1 is 0.943 bits per heavy atom. The van der Waals surface area contributed by atoms with Gasteiger partial charge in [-0.25, -0.2) is 23.1 Å². The van der Waals surface area contributed by atoms with Gasteiger partial charge in [0.1, 0.15) is 11.6 Å². The number of rotatable bonds is 5. The van der Waals surface area contributed by atoms with Crippen LogP contribution in [0.4, 0.5) is 5.82 Å². The number of sulfonamides is 1. The van der Waals surface area contributed by atoms with Gasteiger partial charge in [0, 0.05) is 32.1 Å². The molecule has 1 aliphatic carbocycles. The quantitative estimate of drug-likeness (QED) is 0.402. The van der Waals surface area contributed by atoms with Crippen molar-refractivity contribution < 1.29 is 8.42 Å². The molecule has 2 aromatic heterocycles. The third-order valence-corrected chi connectivity index (χ3v) is 8.88. The number of aromatic nitrogens is 4. The van der Waals surface area contributed by atoms with Crippen molar-refractivity contribution in [3.63, 3.8) is 0 Å². The van der Waals surface area contributed by atoms with Gasteiger partial charge in [0.05, 0.1) is 27.2 Å². The van der Waals surface area contributed by atoms with Crippen LogP contribution in [0.25, 0.3) is 16.7 Å². The number of piperazine rings is 1. The molecule has 3 heterocycles. The molecule has 0 radical (unpaired) electrons. The van der Waals surface area contributed by atoms with E-state index in [0.29, 0.717) is 42.0 Å². The predicted molar refractivity (Wildman–Crippen MR) is 136 cm³/mol. The SMILES string of the molecule is Cc1ccc(S(=O)(=O)N2CCN(c3nc(C4CC4)nc4c3cnn4-c3ccccc3Cl)CC2)cc1. The van der Waals surface area contributed by atoms with E-state index in [-0.39, 0.29) is 0 Å². The molecule has 0 amide bonds. The first-order valence-electron chi connectivity index (χ1n) is 11.7. The van der Waals surface area contributed by atoms with Crippen molar-refractivity contribution in [2.45, 2.75) is 30.6 Å². The minimum Gasteiger partial charge on any atom is -0.353 e. The molecule has 10 heteroatoms. The Kier molecular flexibility index (Phi) is 5.51. The van der Waals surface area contributed by atoms with Crippen LogP contribution in [0.2, 0.25) is 5.02 Å². The molecule has 2 fully saturated rings. The third-order valence-electron chi connectivity index (χ3n) is 6.65. The number of aryl methyl sites for hydroxylation is 1. The van der Waals surface area contributed by atoms with Crippen LogP contribution in [-0.2, 0) is 10.0 Å². The molecule has 4 aromatic rings. The number of anilines is 1. The van der Waals surface area contributed by atoms with Crippen molar-refractivity contribution in [2.75, 3.05) is 31.1 Å². The van der Waals surface area contributed by atoms with Gasteiger partial charge in [-0.05, 0) is 44.0 Å². The summed E-state index contributed by atoms with van der Waals surface area (Å²) in [4.78, 5) is 12.3. The van der Waals surface area contributed by atoms with Crippen LogP contribution in [0.5, 0.6) is 0 Å². The van der Waals surface area contributed by atoms with Crippen LogP contribution in [-0.4, -0.2) is 58.7 Å². The first-order valence-corrected chi connectivity index (χ1v) is 13.6. The average molecular weight is 509 g/mol. The highest BCUT2D eigenvalue weighted by atomic mass is 35.5. The summed E-state index contributed by atoms with van der Waals surface area (Å²) in [6.45, 7) is 3.80. The highest BCUT2D eigenvalue weighted by molar-refractivity contribution is 7.89. The van der Waals surface area contributed by atoms with Crippen LogP contribution in [0.3, 0.4) is 0 Å². The maximum absolute atomic E-state index is 13.2. The average Bonchev–Trinajstić information content (AvgIpc) is 3.64. The lowest BCUT2D eigenvalue weighted by Gasteiger charge is -2.35. The first kappa shape index (κ1) is 22.5. The van der Waals surface area contributed by atoms with Crippen LogP contribution < -0.4 is 4.90 Å². The van der Waals surface area contributed by atoms with Gasteiger partial charge in [0.2, 0.25) is 10.0 Å². The molecule has 1 saturated carbocycles. The van der Waals surface area contributed by atoms with Crippen LogP contribution in [0.1, 0.15) is 30.1 Å². The number of halogens is 1. The van der Waals surface area contributed by atoms with Crippen molar-refractivity contribution in [1.82, 2.24) is 24.1 Å². The zero-order valence-corrected chi connectivity index (χ0v) is 20.9. The maximum atomic E-state index is 13.2. The van der Waals surface area contributed by atoms with Gasteiger partial charge in [-0.15, -0.1) is 0 Å². The highest BCUT2D eigenvalue weighted by Gasteiger charge is 2.32. The molecule has 0 N–H and O–H groups in total. The Morgan fingerprint density at radius 2 is 1.66 bits per heavy atom. The van der Waals surface area contributed by atoms with Gasteiger partial charge in [-0.3, -0.25) is 0 Å². The number of hydrogen-bond donors (Lipinski definition) is 0. The third kappa shape index (κ3) is 4.07. The second-order valence-corrected chi connectivity index (χ2v) is 11.5. The van der Waals surface area contributed by atoms with Gasteiger partial charge in [0.25, 0.3) is 0 Å². The van der Waals surface area contributed by atoms with Gasteiger partial charge in [-0.1, -0.05) is 41.4 Å². The lowest BCUT2D eigenvalue weighted by atomic mass is 10.2. The Labute approximate surface area is 209 Å². The summed E-state index contributed by atoms with van der Waals surface area (Å²) in [5.74, 6) is 1.98. The summed E-state index contributed by atoms with van der Waals surface area (Å²) >= 11 is 6.46. The molecule has 1 aliphatic heterocycles. The lowest BCUT2D eigenvalue weighted by molar-refractivity contribution is 0.384. The summed E-state index contributed by atoms with van der Waals surface area (Å²) in [6, 6.07) is 14.6. The fraction of sp³-hybridized carbons (Fsp3) is 0.320. The number of fused-ring (bicyclic) bond motifs is 1. The van der Waals surface area contributed by atoms with E-state index in [1.54, 1.807) is 27.3 Å². The first-order chi connectivity index (χ1) is 16.9. The Hall–Kier alpha value is -3.01. The van der Waals surface area contributed by atoms with Crippen molar-refractivity contribution >= 4 is 38.5 Å². The number of nitrogens with zero attached hydrogens (tertiary/aromatic N) is 6. The molecule has 6 rings (SSSR count). The predicted octanol–water partition coefficient (Wildman–Crippen LogP) is 4.17. The van der Waals surface area contributed by atoms with Crippen LogP contribution >= 0.6 is 11.6 Å². The Bertz CT molecular complexity index is 1510. The molecule has 35 heavy (non-hydrogen) atoms. The molecule has 0 bridgehead atoms. The summed E-state index contributed by atoms with van der Waals surface area (Å²) < 4.78 is 29.6. The zero-order chi connectivity index (χ0) is 24.2. The van der Waals surface area contributed by atoms with E-state index >= 15 is 0 Å². The minimum atomic E-state index is -3.53. The van der Waals surface area contributed by atoms with Crippen LogP contribution in [0, 0.1) is 6.92 Å². The van der Waals surface area contributed by atoms with E-state index in [9.17, 15) is 8.42 Å². The van der Waals surface area contributed by atoms with Gasteiger partial charge in [0.15, 0.2) is 5.65 Å². The van der Waals surface area contributed by atoms with Gasteiger partial charge < -0.3 is 4.90 Å². The summed E-state index contributed by atoms with van der Waals surface area (Å²) in [5, 5.41) is 6.04. The van der Waals surface area contributed by atoms with E-state index in [0.717, 1.165) is 46.8 Å². The second kappa shape index (κ2) is 8.58. The zero-order valence-electron chi connectivity index (χ0n) is 19.3. The monoisotopic (exact) mass is 508 g/mol. The van der Waals surface area contributed by atoms with E-state index < -0.39 is 10.0 Å². The molecule has 0 spiro atoms. The highest BCUT2D eigenvalue weighted by Crippen LogP contribution is 2.40. The normalized spacial score (nSPS) is 17.3. The molecular weight excluding hydrogens is 484 g/mol. The summed E-state index contributed by atoms with van der Waals surface area (Å²) in [6.07, 6.45) is 3.93. The van der Waals surface area contributed by atoms with E-state index in [2.05, 4.69) is 10.00 Å². The second-order valence-electron chi connectivity index (χ2n) is 9.13. The van der Waals surface area contributed by atoms with Crippen molar-refractivity contribution in [3.8, 4) is 5.69 Å². The van der Waals surface area contributed by atoms with E-state index in [1.165, 1.54) is 0 Å². The molecule has 2 aromatic carbocycles. The topological polar surface area (TPSA) is 84.2 Å². The Balaban J connectivity index is 1.32. The number of hydrogen-bond acceptors (Lipinski definition) is 6. The standard InChI is InChI=1S/C25H25ClN6O2S/c1-17-6-10-19(11-7-17)35(33,34)31-14-12-30(13-15-31)24-20-16-27-32(22-5-3-2-4-21(22)26)25(20)29-23(28-24)18-8-9-18/h2-7,10-11,16,18H,8-9,12-15H2,1H3. The molecule has 0 atom stereocenters. The smallest absolute Gasteiger partial charge is 0.243 e. The van der Waals surface area contributed by atoms with Crippen molar-refractivity contribution in [1.29, 1.82) is 0 Å². The molecule has 0 unspecified atom stereocenters. The fourth-order valence-electron chi connectivity index (χ4n) is 4.47. The lowest BCUT2D eigenvalue weighted by Crippen LogP contribution is -2.49. The molecular formula is C25H25ClN6O2S. The molecule has 2 aliphatic rings. The fourth-order valence-corrected chi connectivity index (χ4v) is 6.11. The van der Waals surface area contributed by atoms with Gasteiger partial charge in [-0.2, -0.15) is 9.40 Å². The largest absolute Gasteiger partial charge is 0.353 e. The van der Waals surface area contributed by atoms with Crippen LogP contribution in [0.15, 0.2) is 59.6 Å². The van der Waals surface area contributed by atoms with E-state index in [4.69, 9.17) is 21.6 Å². The Morgan fingerprint density at radius 3 is 2.34 bits per heavy atom. The van der Waals surface area contributed by atoms with E-state index in [1.807, 2.05) is 43.3 Å². The molecule has 180 valence electrons. The number of para-hydroxylation sites is 1. The van der Waals surface area contributed by atoms with Gasteiger partial charge >= 0.3 is 0 Å².